The molecule has 1 aromatic rings. The lowest BCUT2D eigenvalue weighted by molar-refractivity contribution is 0.409. The minimum Gasteiger partial charge on any atom is -0.496 e. The third-order valence-corrected chi connectivity index (χ3v) is 2.08. The van der Waals surface area contributed by atoms with E-state index in [9.17, 15) is 0 Å². The number of nitrogens with zero attached hydrogens (tertiary/aromatic N) is 1. The van der Waals surface area contributed by atoms with Gasteiger partial charge in [-0.2, -0.15) is 0 Å². The highest BCUT2D eigenvalue weighted by atomic mass is 35.5. The zero-order chi connectivity index (χ0) is 9.14. The molecule has 0 aromatic carbocycles. The highest BCUT2D eigenvalue weighted by molar-refractivity contribution is 6.33. The van der Waals surface area contributed by atoms with Crippen LogP contribution in [0.15, 0.2) is 6.07 Å². The minimum absolute atomic E-state index is 0.356. The van der Waals surface area contributed by atoms with Gasteiger partial charge in [0, 0.05) is 11.6 Å². The Bertz CT molecular complexity index is 289. The van der Waals surface area contributed by atoms with Crippen LogP contribution in [0.3, 0.4) is 0 Å². The van der Waals surface area contributed by atoms with Crippen molar-refractivity contribution < 1.29 is 4.74 Å². The molecule has 0 aliphatic rings. The van der Waals surface area contributed by atoms with Gasteiger partial charge in [0.15, 0.2) is 0 Å². The van der Waals surface area contributed by atoms with E-state index in [1.165, 1.54) is 0 Å². The number of halogens is 2. The topological polar surface area (TPSA) is 22.1 Å². The molecule has 0 aliphatic heterocycles. The van der Waals surface area contributed by atoms with Crippen molar-refractivity contribution in [1.82, 2.24) is 4.98 Å². The Labute approximate surface area is 81.5 Å². The van der Waals surface area contributed by atoms with Gasteiger partial charge in [-0.05, 0) is 6.42 Å². The van der Waals surface area contributed by atoms with Crippen LogP contribution in [0.1, 0.15) is 12.5 Å². The van der Waals surface area contributed by atoms with E-state index < -0.39 is 0 Å². The molecule has 0 atom stereocenters. The first-order valence-corrected chi connectivity index (χ1v) is 4.33. The first-order valence-electron chi connectivity index (χ1n) is 3.58. The van der Waals surface area contributed by atoms with Crippen LogP contribution in [-0.2, 0) is 6.42 Å². The molecular formula is C8H9Cl2NO. The molecule has 0 amide bonds. The van der Waals surface area contributed by atoms with Crippen LogP contribution >= 0.6 is 23.2 Å². The average molecular weight is 206 g/mol. The third-order valence-electron chi connectivity index (χ3n) is 1.58. The van der Waals surface area contributed by atoms with Gasteiger partial charge in [-0.3, -0.25) is 0 Å². The van der Waals surface area contributed by atoms with E-state index in [1.807, 2.05) is 6.92 Å². The van der Waals surface area contributed by atoms with Crippen molar-refractivity contribution in [3.05, 3.63) is 21.9 Å². The van der Waals surface area contributed by atoms with E-state index in [0.717, 1.165) is 12.0 Å². The number of hydrogen-bond donors (Lipinski definition) is 0. The van der Waals surface area contributed by atoms with Gasteiger partial charge in [-0.25, -0.2) is 4.98 Å². The zero-order valence-corrected chi connectivity index (χ0v) is 8.41. The average Bonchev–Trinajstić information content (AvgIpc) is 2.03. The molecule has 12 heavy (non-hydrogen) atoms. The van der Waals surface area contributed by atoms with Gasteiger partial charge in [0.05, 0.1) is 7.11 Å². The Balaban J connectivity index is 3.24. The molecule has 0 saturated heterocycles. The smallest absolute Gasteiger partial charge is 0.137 e. The Morgan fingerprint density at radius 3 is 2.67 bits per heavy atom. The first kappa shape index (κ1) is 9.62. The van der Waals surface area contributed by atoms with Gasteiger partial charge >= 0.3 is 0 Å². The number of pyridine rings is 1. The Hall–Kier alpha value is -0.470. The van der Waals surface area contributed by atoms with Crippen molar-refractivity contribution in [1.29, 1.82) is 0 Å². The summed E-state index contributed by atoms with van der Waals surface area (Å²) >= 11 is 11.5. The second kappa shape index (κ2) is 3.97. The molecule has 0 bridgehead atoms. The number of hydrogen-bond acceptors (Lipinski definition) is 2. The number of rotatable bonds is 2. The Morgan fingerprint density at radius 1 is 1.50 bits per heavy atom. The lowest BCUT2D eigenvalue weighted by Gasteiger charge is -2.07. The molecule has 4 heteroatoms. The molecule has 1 aromatic heterocycles. The fraction of sp³-hybridized carbons (Fsp3) is 0.375. The molecule has 0 radical (unpaired) electrons. The van der Waals surface area contributed by atoms with E-state index in [0.29, 0.717) is 16.1 Å². The van der Waals surface area contributed by atoms with E-state index >= 15 is 0 Å². The standard InChI is InChI=1S/C8H9Cl2NO/c1-3-5-6(12-2)4-7(9)11-8(5)10/h4H,3H2,1-2H3. The summed E-state index contributed by atoms with van der Waals surface area (Å²) in [5.74, 6) is 0.697. The molecule has 1 rings (SSSR count). The first-order chi connectivity index (χ1) is 5.69. The highest BCUT2D eigenvalue weighted by Gasteiger charge is 2.08. The lowest BCUT2D eigenvalue weighted by Crippen LogP contribution is -1.93. The van der Waals surface area contributed by atoms with Crippen LogP contribution < -0.4 is 4.74 Å². The fourth-order valence-corrected chi connectivity index (χ4v) is 1.54. The molecule has 66 valence electrons. The molecule has 0 aliphatic carbocycles. The second-order valence-electron chi connectivity index (χ2n) is 2.27. The summed E-state index contributed by atoms with van der Waals surface area (Å²) in [6.07, 6.45) is 0.784. The lowest BCUT2D eigenvalue weighted by atomic mass is 10.2. The minimum atomic E-state index is 0.356. The highest BCUT2D eigenvalue weighted by Crippen LogP contribution is 2.27. The van der Waals surface area contributed by atoms with Gasteiger partial charge in [0.2, 0.25) is 0 Å². The summed E-state index contributed by atoms with van der Waals surface area (Å²) in [4.78, 5) is 3.90. The van der Waals surface area contributed by atoms with E-state index in [4.69, 9.17) is 27.9 Å². The van der Waals surface area contributed by atoms with Crippen molar-refractivity contribution in [3.8, 4) is 5.75 Å². The van der Waals surface area contributed by atoms with E-state index in [1.54, 1.807) is 13.2 Å². The van der Waals surface area contributed by atoms with Gasteiger partial charge in [-0.1, -0.05) is 30.1 Å². The van der Waals surface area contributed by atoms with Crippen LogP contribution in [0.2, 0.25) is 10.3 Å². The maximum Gasteiger partial charge on any atom is 0.137 e. The monoisotopic (exact) mass is 205 g/mol. The van der Waals surface area contributed by atoms with E-state index in [2.05, 4.69) is 4.98 Å². The van der Waals surface area contributed by atoms with Crippen LogP contribution in [0, 0.1) is 0 Å². The van der Waals surface area contributed by atoms with Crippen LogP contribution in [0.5, 0.6) is 5.75 Å². The molecule has 0 saturated carbocycles. The van der Waals surface area contributed by atoms with Gasteiger partial charge in [0.1, 0.15) is 16.1 Å². The summed E-state index contributed by atoms with van der Waals surface area (Å²) in [7, 11) is 1.58. The molecule has 2 nitrogen and oxygen atoms in total. The number of ether oxygens (including phenoxy) is 1. The predicted octanol–water partition coefficient (Wildman–Crippen LogP) is 2.96. The van der Waals surface area contributed by atoms with Crippen LogP contribution in [0.25, 0.3) is 0 Å². The maximum absolute atomic E-state index is 5.84. The molecule has 0 unspecified atom stereocenters. The number of aromatic nitrogens is 1. The van der Waals surface area contributed by atoms with Crippen molar-refractivity contribution in [3.63, 3.8) is 0 Å². The summed E-state index contributed by atoms with van der Waals surface area (Å²) in [6, 6.07) is 1.66. The van der Waals surface area contributed by atoms with Crippen molar-refractivity contribution in [2.24, 2.45) is 0 Å². The normalized spacial score (nSPS) is 10.0. The summed E-state index contributed by atoms with van der Waals surface area (Å²) in [5, 5.41) is 0.774. The summed E-state index contributed by atoms with van der Waals surface area (Å²) < 4.78 is 5.09. The molecule has 0 fully saturated rings. The van der Waals surface area contributed by atoms with Gasteiger partial charge < -0.3 is 4.74 Å². The van der Waals surface area contributed by atoms with E-state index in [-0.39, 0.29) is 0 Å². The summed E-state index contributed by atoms with van der Waals surface area (Å²) in [6.45, 7) is 1.99. The Morgan fingerprint density at radius 2 is 2.17 bits per heavy atom. The van der Waals surface area contributed by atoms with Crippen LogP contribution in [-0.4, -0.2) is 12.1 Å². The zero-order valence-electron chi connectivity index (χ0n) is 6.90. The predicted molar refractivity (Wildman–Crippen MR) is 50.2 cm³/mol. The molecule has 0 spiro atoms. The largest absolute Gasteiger partial charge is 0.496 e. The van der Waals surface area contributed by atoms with Gasteiger partial charge in [-0.15, -0.1) is 0 Å². The second-order valence-corrected chi connectivity index (χ2v) is 3.02. The molecule has 1 heterocycles. The molecule has 0 N–H and O–H groups in total. The number of methoxy groups -OCH3 is 1. The maximum atomic E-state index is 5.84. The summed E-state index contributed by atoms with van der Waals surface area (Å²) in [5.41, 5.74) is 0.892. The SMILES string of the molecule is CCc1c(OC)cc(Cl)nc1Cl. The van der Waals surface area contributed by atoms with Crippen molar-refractivity contribution in [2.45, 2.75) is 13.3 Å². The van der Waals surface area contributed by atoms with Crippen LogP contribution in [0.4, 0.5) is 0 Å². The van der Waals surface area contributed by atoms with Gasteiger partial charge in [0.25, 0.3) is 0 Å². The van der Waals surface area contributed by atoms with Crippen molar-refractivity contribution in [2.75, 3.05) is 7.11 Å². The fourth-order valence-electron chi connectivity index (χ4n) is 0.993. The van der Waals surface area contributed by atoms with Crippen molar-refractivity contribution >= 4 is 23.2 Å². The quantitative estimate of drug-likeness (QED) is 0.694. The molecular weight excluding hydrogens is 197 g/mol. The third kappa shape index (κ3) is 1.82. The Kier molecular flexibility index (Phi) is 3.18.